The van der Waals surface area contributed by atoms with E-state index in [1.54, 1.807) is 0 Å². The van der Waals surface area contributed by atoms with E-state index in [2.05, 4.69) is 24.0 Å². The van der Waals surface area contributed by atoms with E-state index in [9.17, 15) is 0 Å². The maximum atomic E-state index is 5.35. The molecule has 0 bridgehead atoms. The van der Waals surface area contributed by atoms with Gasteiger partial charge in [-0.3, -0.25) is 0 Å². The zero-order valence-corrected chi connectivity index (χ0v) is 7.58. The summed E-state index contributed by atoms with van der Waals surface area (Å²) in [6.07, 6.45) is 2.20. The van der Waals surface area contributed by atoms with E-state index < -0.39 is 0 Å². The summed E-state index contributed by atoms with van der Waals surface area (Å²) in [5.74, 6) is 1.65. The highest BCUT2D eigenvalue weighted by molar-refractivity contribution is 4.91. The molecule has 0 saturated heterocycles. The Bertz CT molecular complexity index is 234. The SMILES string of the molecule is CCCC(C)c1nc(CN)no1. The average molecular weight is 169 g/mol. The van der Waals surface area contributed by atoms with Crippen LogP contribution in [0.3, 0.4) is 0 Å². The van der Waals surface area contributed by atoms with Crippen molar-refractivity contribution < 1.29 is 4.52 Å². The molecule has 0 saturated carbocycles. The lowest BCUT2D eigenvalue weighted by atomic mass is 10.1. The Morgan fingerprint density at radius 2 is 2.33 bits per heavy atom. The quantitative estimate of drug-likeness (QED) is 0.740. The molecule has 1 heterocycles. The van der Waals surface area contributed by atoms with Crippen LogP contribution in [0.2, 0.25) is 0 Å². The molecule has 1 aromatic heterocycles. The fraction of sp³-hybridized carbons (Fsp3) is 0.750. The van der Waals surface area contributed by atoms with Gasteiger partial charge in [-0.1, -0.05) is 25.4 Å². The maximum absolute atomic E-state index is 5.35. The van der Waals surface area contributed by atoms with Gasteiger partial charge in [-0.15, -0.1) is 0 Å². The van der Waals surface area contributed by atoms with Crippen LogP contribution in [-0.4, -0.2) is 10.1 Å². The van der Waals surface area contributed by atoms with Crippen molar-refractivity contribution in [3.8, 4) is 0 Å². The summed E-state index contributed by atoms with van der Waals surface area (Å²) in [5.41, 5.74) is 5.35. The van der Waals surface area contributed by atoms with Crippen LogP contribution < -0.4 is 5.73 Å². The lowest BCUT2D eigenvalue weighted by molar-refractivity contribution is 0.349. The van der Waals surface area contributed by atoms with Gasteiger partial charge in [0.2, 0.25) is 5.89 Å². The second-order valence-corrected chi connectivity index (χ2v) is 2.94. The van der Waals surface area contributed by atoms with E-state index in [1.165, 1.54) is 0 Å². The molecule has 68 valence electrons. The van der Waals surface area contributed by atoms with E-state index in [0.717, 1.165) is 12.8 Å². The van der Waals surface area contributed by atoms with Crippen LogP contribution in [0.15, 0.2) is 4.52 Å². The van der Waals surface area contributed by atoms with Crippen LogP contribution in [0.1, 0.15) is 44.3 Å². The van der Waals surface area contributed by atoms with E-state index in [4.69, 9.17) is 10.3 Å². The van der Waals surface area contributed by atoms with E-state index >= 15 is 0 Å². The molecular formula is C8H15N3O. The van der Waals surface area contributed by atoms with Gasteiger partial charge in [0.15, 0.2) is 5.82 Å². The van der Waals surface area contributed by atoms with Gasteiger partial charge >= 0.3 is 0 Å². The maximum Gasteiger partial charge on any atom is 0.229 e. The van der Waals surface area contributed by atoms with Crippen molar-refractivity contribution in [2.45, 2.75) is 39.2 Å². The summed E-state index contributed by atoms with van der Waals surface area (Å²) < 4.78 is 5.03. The predicted molar refractivity (Wildman–Crippen MR) is 45.5 cm³/mol. The Kier molecular flexibility index (Phi) is 3.22. The van der Waals surface area contributed by atoms with Crippen molar-refractivity contribution in [3.63, 3.8) is 0 Å². The zero-order chi connectivity index (χ0) is 8.97. The first kappa shape index (κ1) is 9.19. The molecule has 1 unspecified atom stereocenters. The number of hydrogen-bond donors (Lipinski definition) is 1. The normalized spacial score (nSPS) is 13.2. The molecule has 0 aromatic carbocycles. The first-order valence-electron chi connectivity index (χ1n) is 4.30. The van der Waals surface area contributed by atoms with Gasteiger partial charge in [0.25, 0.3) is 0 Å². The van der Waals surface area contributed by atoms with E-state index in [0.29, 0.717) is 24.2 Å². The van der Waals surface area contributed by atoms with Gasteiger partial charge in [-0.05, 0) is 6.42 Å². The molecular weight excluding hydrogens is 154 g/mol. The fourth-order valence-electron chi connectivity index (χ4n) is 1.11. The number of rotatable bonds is 4. The topological polar surface area (TPSA) is 64.9 Å². The van der Waals surface area contributed by atoms with Crippen LogP contribution in [0, 0.1) is 0 Å². The Balaban J connectivity index is 2.61. The van der Waals surface area contributed by atoms with Gasteiger partial charge in [0, 0.05) is 5.92 Å². The molecule has 0 radical (unpaired) electrons. The van der Waals surface area contributed by atoms with Crippen LogP contribution >= 0.6 is 0 Å². The molecule has 0 aliphatic rings. The lowest BCUT2D eigenvalue weighted by Gasteiger charge is -2.01. The molecule has 12 heavy (non-hydrogen) atoms. The number of nitrogens with zero attached hydrogens (tertiary/aromatic N) is 2. The summed E-state index contributed by atoms with van der Waals surface area (Å²) in [6.45, 7) is 4.57. The molecule has 1 atom stereocenters. The number of aromatic nitrogens is 2. The molecule has 0 aliphatic heterocycles. The molecule has 0 aliphatic carbocycles. The van der Waals surface area contributed by atoms with Gasteiger partial charge < -0.3 is 10.3 Å². The standard InChI is InChI=1S/C8H15N3O/c1-3-4-6(2)8-10-7(5-9)11-12-8/h6H,3-5,9H2,1-2H3. The van der Waals surface area contributed by atoms with E-state index in [1.807, 2.05) is 0 Å². The van der Waals surface area contributed by atoms with Gasteiger partial charge in [-0.25, -0.2) is 0 Å². The molecule has 4 heteroatoms. The Morgan fingerprint density at radius 3 is 2.83 bits per heavy atom. The fourth-order valence-corrected chi connectivity index (χ4v) is 1.11. The molecule has 2 N–H and O–H groups in total. The molecule has 4 nitrogen and oxygen atoms in total. The second-order valence-electron chi connectivity index (χ2n) is 2.94. The van der Waals surface area contributed by atoms with Crippen molar-refractivity contribution in [2.24, 2.45) is 5.73 Å². The van der Waals surface area contributed by atoms with Crippen molar-refractivity contribution in [1.82, 2.24) is 10.1 Å². The average Bonchev–Trinajstić information content (AvgIpc) is 2.52. The minimum absolute atomic E-state index is 0.350. The minimum atomic E-state index is 0.350. The van der Waals surface area contributed by atoms with Crippen LogP contribution in [0.5, 0.6) is 0 Å². The lowest BCUT2D eigenvalue weighted by Crippen LogP contribution is -1.99. The van der Waals surface area contributed by atoms with Gasteiger partial charge in [-0.2, -0.15) is 4.98 Å². The second kappa shape index (κ2) is 4.21. The third-order valence-corrected chi connectivity index (χ3v) is 1.81. The van der Waals surface area contributed by atoms with Crippen molar-refractivity contribution >= 4 is 0 Å². The highest BCUT2D eigenvalue weighted by atomic mass is 16.5. The van der Waals surface area contributed by atoms with Gasteiger partial charge in [0.05, 0.1) is 6.54 Å². The number of nitrogens with two attached hydrogens (primary N) is 1. The first-order valence-corrected chi connectivity index (χ1v) is 4.30. The summed E-state index contributed by atoms with van der Waals surface area (Å²) in [5, 5.41) is 3.73. The van der Waals surface area contributed by atoms with E-state index in [-0.39, 0.29) is 0 Å². The van der Waals surface area contributed by atoms with Crippen molar-refractivity contribution in [2.75, 3.05) is 0 Å². The highest BCUT2D eigenvalue weighted by Gasteiger charge is 2.11. The predicted octanol–water partition coefficient (Wildman–Crippen LogP) is 1.43. The summed E-state index contributed by atoms with van der Waals surface area (Å²) in [4.78, 5) is 4.14. The van der Waals surface area contributed by atoms with Gasteiger partial charge in [0.1, 0.15) is 0 Å². The summed E-state index contributed by atoms with van der Waals surface area (Å²) in [7, 11) is 0. The first-order chi connectivity index (χ1) is 5.77. The van der Waals surface area contributed by atoms with Crippen molar-refractivity contribution in [1.29, 1.82) is 0 Å². The van der Waals surface area contributed by atoms with Crippen molar-refractivity contribution in [3.05, 3.63) is 11.7 Å². The Hall–Kier alpha value is -0.900. The summed E-state index contributed by atoms with van der Waals surface area (Å²) in [6, 6.07) is 0. The van der Waals surface area contributed by atoms with Crippen LogP contribution in [-0.2, 0) is 6.54 Å². The summed E-state index contributed by atoms with van der Waals surface area (Å²) >= 11 is 0. The minimum Gasteiger partial charge on any atom is -0.339 e. The molecule has 1 aromatic rings. The third kappa shape index (κ3) is 2.04. The third-order valence-electron chi connectivity index (χ3n) is 1.81. The smallest absolute Gasteiger partial charge is 0.229 e. The highest BCUT2D eigenvalue weighted by Crippen LogP contribution is 2.17. The van der Waals surface area contributed by atoms with Crippen LogP contribution in [0.25, 0.3) is 0 Å². The molecule has 0 fully saturated rings. The Morgan fingerprint density at radius 1 is 1.58 bits per heavy atom. The van der Waals surface area contributed by atoms with Crippen LogP contribution in [0.4, 0.5) is 0 Å². The molecule has 0 amide bonds. The number of hydrogen-bond acceptors (Lipinski definition) is 4. The monoisotopic (exact) mass is 169 g/mol. The zero-order valence-electron chi connectivity index (χ0n) is 7.58. The molecule has 1 rings (SSSR count). The largest absolute Gasteiger partial charge is 0.339 e. The molecule has 0 spiro atoms. The Labute approximate surface area is 72.1 Å².